The van der Waals surface area contributed by atoms with E-state index in [1.54, 1.807) is 4.90 Å². The van der Waals surface area contributed by atoms with E-state index in [1.807, 2.05) is 6.07 Å². The summed E-state index contributed by atoms with van der Waals surface area (Å²) in [5.41, 5.74) is 2.63. The molecule has 2 aliphatic heterocycles. The number of likely N-dealkylation sites (tertiary alicyclic amines) is 2. The molecule has 9 heteroatoms. The molecule has 2 saturated heterocycles. The molecule has 0 spiro atoms. The number of amides is 2. The van der Waals surface area contributed by atoms with Gasteiger partial charge in [0.2, 0.25) is 11.8 Å². The smallest absolute Gasteiger partial charge is 0.246 e. The number of benzene rings is 2. The number of nitrogens with one attached hydrogen (secondary N) is 2. The molecule has 0 radical (unpaired) electrons. The lowest BCUT2D eigenvalue weighted by Crippen LogP contribution is -2.53. The number of rotatable bonds is 7. The molecule has 212 valence electrons. The second-order valence-electron chi connectivity index (χ2n) is 10.9. The van der Waals surface area contributed by atoms with E-state index in [9.17, 15) is 22.8 Å². The summed E-state index contributed by atoms with van der Waals surface area (Å²) in [6, 6.07) is 10.3. The van der Waals surface area contributed by atoms with Gasteiger partial charge in [0.15, 0.2) is 17.5 Å². The van der Waals surface area contributed by atoms with E-state index in [1.165, 1.54) is 30.0 Å². The number of hydrogen-bond donors (Lipinski definition) is 2. The predicted molar refractivity (Wildman–Crippen MR) is 149 cm³/mol. The van der Waals surface area contributed by atoms with Crippen LogP contribution in [0, 0.1) is 23.4 Å². The van der Waals surface area contributed by atoms with E-state index in [-0.39, 0.29) is 23.4 Å². The Bertz CT molecular complexity index is 1370. The number of piperidine rings is 2. The van der Waals surface area contributed by atoms with Gasteiger partial charge in [0, 0.05) is 55.8 Å². The van der Waals surface area contributed by atoms with Crippen molar-refractivity contribution in [3.05, 3.63) is 77.2 Å². The Labute approximate surface area is 232 Å². The minimum absolute atomic E-state index is 0.0508. The lowest BCUT2D eigenvalue weighted by Gasteiger charge is -2.44. The molecule has 0 bridgehead atoms. The number of carbonyl (C=O) groups is 2. The zero-order valence-electron chi connectivity index (χ0n) is 22.6. The fourth-order valence-electron chi connectivity index (χ4n) is 6.26. The van der Waals surface area contributed by atoms with Crippen LogP contribution in [0.3, 0.4) is 0 Å². The van der Waals surface area contributed by atoms with Gasteiger partial charge >= 0.3 is 0 Å². The van der Waals surface area contributed by atoms with Crippen molar-refractivity contribution in [1.29, 1.82) is 0 Å². The summed E-state index contributed by atoms with van der Waals surface area (Å²) in [7, 11) is 0. The highest BCUT2D eigenvalue weighted by Gasteiger charge is 2.34. The van der Waals surface area contributed by atoms with Crippen molar-refractivity contribution < 1.29 is 22.8 Å². The summed E-state index contributed by atoms with van der Waals surface area (Å²) < 4.78 is 40.2. The number of hydrogen-bond acceptors (Lipinski definition) is 3. The Hall–Kier alpha value is -3.59. The summed E-state index contributed by atoms with van der Waals surface area (Å²) in [6.07, 6.45) is 8.41. The number of fused-ring (bicyclic) bond motifs is 1. The predicted octanol–water partition coefficient (Wildman–Crippen LogP) is 5.22. The molecular formula is C31H35F3N4O2. The first kappa shape index (κ1) is 28.0. The number of nitrogens with zero attached hydrogens (tertiary/aromatic N) is 2. The fraction of sp³-hybridized carbons (Fsp3) is 0.419. The minimum Gasteiger partial charge on any atom is -0.361 e. The van der Waals surface area contributed by atoms with Gasteiger partial charge in [-0.2, -0.15) is 0 Å². The third-order valence-electron chi connectivity index (χ3n) is 8.44. The number of halogens is 3. The molecule has 2 aromatic carbocycles. The number of H-pyrrole nitrogens is 1. The van der Waals surface area contributed by atoms with Crippen LogP contribution < -0.4 is 5.32 Å². The molecule has 1 unspecified atom stereocenters. The Balaban J connectivity index is 1.19. The van der Waals surface area contributed by atoms with Gasteiger partial charge in [-0.25, -0.2) is 13.2 Å². The summed E-state index contributed by atoms with van der Waals surface area (Å²) in [4.78, 5) is 32.1. The highest BCUT2D eigenvalue weighted by molar-refractivity contribution is 5.91. The number of para-hydroxylation sites is 1. The van der Waals surface area contributed by atoms with E-state index < -0.39 is 17.5 Å². The van der Waals surface area contributed by atoms with E-state index in [0.29, 0.717) is 31.5 Å². The van der Waals surface area contributed by atoms with E-state index in [2.05, 4.69) is 39.6 Å². The van der Waals surface area contributed by atoms with Gasteiger partial charge in [0.25, 0.3) is 0 Å². The highest BCUT2D eigenvalue weighted by Crippen LogP contribution is 2.35. The summed E-state index contributed by atoms with van der Waals surface area (Å²) in [5.74, 6) is -3.59. The standard InChI is InChI=1S/C31H35F3N4O2/c1-20(39)35-19-29(37-12-8-22(9-13-37)25-18-36-28-5-3-2-4-24(25)28)23-10-14-38(15-11-23)30(40)7-6-21-16-26(32)31(34)27(33)17-21/h2-7,16-18,22-23,29,36H,8-15,19H2,1H3,(H,35,39). The zero-order chi connectivity index (χ0) is 28.2. The van der Waals surface area contributed by atoms with Crippen molar-refractivity contribution in [2.45, 2.75) is 44.6 Å². The van der Waals surface area contributed by atoms with Crippen molar-refractivity contribution in [3.63, 3.8) is 0 Å². The van der Waals surface area contributed by atoms with Crippen molar-refractivity contribution >= 4 is 28.8 Å². The minimum atomic E-state index is -1.53. The van der Waals surface area contributed by atoms with Crippen LogP contribution in [-0.2, 0) is 9.59 Å². The zero-order valence-corrected chi connectivity index (χ0v) is 22.6. The molecule has 40 heavy (non-hydrogen) atoms. The van der Waals surface area contributed by atoms with Crippen LogP contribution in [0.1, 0.15) is 49.7 Å². The second kappa shape index (κ2) is 12.3. The molecule has 0 saturated carbocycles. The molecule has 2 N–H and O–H groups in total. The molecule has 5 rings (SSSR count). The monoisotopic (exact) mass is 552 g/mol. The quantitative estimate of drug-likeness (QED) is 0.312. The van der Waals surface area contributed by atoms with Gasteiger partial charge in [-0.3, -0.25) is 14.5 Å². The maximum absolute atomic E-state index is 13.5. The van der Waals surface area contributed by atoms with Crippen molar-refractivity contribution in [1.82, 2.24) is 20.1 Å². The van der Waals surface area contributed by atoms with Gasteiger partial charge in [-0.05, 0) is 86.0 Å². The SMILES string of the molecule is CC(=O)NCC(C1CCN(C(=O)C=Cc2cc(F)c(F)c(F)c2)CC1)N1CCC(c2c[nH]c3ccccc23)CC1. The lowest BCUT2D eigenvalue weighted by atomic mass is 9.84. The van der Waals surface area contributed by atoms with Gasteiger partial charge in [-0.1, -0.05) is 18.2 Å². The first-order chi connectivity index (χ1) is 19.3. The van der Waals surface area contributed by atoms with Gasteiger partial charge < -0.3 is 15.2 Å². The topological polar surface area (TPSA) is 68.4 Å². The Kier molecular flexibility index (Phi) is 8.59. The molecule has 2 aliphatic rings. The number of carbonyl (C=O) groups excluding carboxylic acids is 2. The van der Waals surface area contributed by atoms with Gasteiger partial charge in [-0.15, -0.1) is 0 Å². The number of aromatic amines is 1. The number of aromatic nitrogens is 1. The average Bonchev–Trinajstić information content (AvgIpc) is 3.39. The third kappa shape index (κ3) is 6.25. The van der Waals surface area contributed by atoms with Crippen LogP contribution in [-0.4, -0.2) is 65.4 Å². The van der Waals surface area contributed by atoms with E-state index in [4.69, 9.17) is 0 Å². The molecule has 2 fully saturated rings. The molecule has 6 nitrogen and oxygen atoms in total. The third-order valence-corrected chi connectivity index (χ3v) is 8.44. The van der Waals surface area contributed by atoms with Crippen LogP contribution in [0.5, 0.6) is 0 Å². The Morgan fingerprint density at radius 3 is 2.38 bits per heavy atom. The van der Waals surface area contributed by atoms with Crippen molar-refractivity contribution in [2.24, 2.45) is 5.92 Å². The van der Waals surface area contributed by atoms with E-state index >= 15 is 0 Å². The molecule has 2 amide bonds. The van der Waals surface area contributed by atoms with Crippen LogP contribution >= 0.6 is 0 Å². The molecule has 3 heterocycles. The van der Waals surface area contributed by atoms with Crippen LogP contribution in [0.2, 0.25) is 0 Å². The molecule has 0 aliphatic carbocycles. The first-order valence-electron chi connectivity index (χ1n) is 14.0. The molecule has 1 atom stereocenters. The van der Waals surface area contributed by atoms with Crippen LogP contribution in [0.15, 0.2) is 48.7 Å². The van der Waals surface area contributed by atoms with Crippen molar-refractivity contribution in [2.75, 3.05) is 32.7 Å². The summed E-state index contributed by atoms with van der Waals surface area (Å²) in [5, 5.41) is 4.31. The molecule has 3 aromatic rings. The fourth-order valence-corrected chi connectivity index (χ4v) is 6.26. The average molecular weight is 553 g/mol. The van der Waals surface area contributed by atoms with E-state index in [0.717, 1.165) is 56.4 Å². The highest BCUT2D eigenvalue weighted by atomic mass is 19.2. The van der Waals surface area contributed by atoms with Crippen molar-refractivity contribution in [3.8, 4) is 0 Å². The maximum atomic E-state index is 13.5. The summed E-state index contributed by atoms with van der Waals surface area (Å²) >= 11 is 0. The molecule has 1 aromatic heterocycles. The summed E-state index contributed by atoms with van der Waals surface area (Å²) in [6.45, 7) is 5.12. The largest absolute Gasteiger partial charge is 0.361 e. The van der Waals surface area contributed by atoms with Crippen LogP contribution in [0.25, 0.3) is 17.0 Å². The normalized spacial score (nSPS) is 18.4. The Morgan fingerprint density at radius 1 is 1.02 bits per heavy atom. The second-order valence-corrected chi connectivity index (χ2v) is 10.9. The Morgan fingerprint density at radius 2 is 1.70 bits per heavy atom. The maximum Gasteiger partial charge on any atom is 0.246 e. The molecular weight excluding hydrogens is 517 g/mol. The van der Waals surface area contributed by atoms with Gasteiger partial charge in [0.05, 0.1) is 0 Å². The van der Waals surface area contributed by atoms with Crippen LogP contribution in [0.4, 0.5) is 13.2 Å². The lowest BCUT2D eigenvalue weighted by molar-refractivity contribution is -0.127. The first-order valence-corrected chi connectivity index (χ1v) is 14.0. The van der Waals surface area contributed by atoms with Gasteiger partial charge in [0.1, 0.15) is 0 Å².